The van der Waals surface area contributed by atoms with Crippen LogP contribution >= 0.6 is 0 Å². The number of rotatable bonds is 6. The lowest BCUT2D eigenvalue weighted by Gasteiger charge is -2.26. The molecule has 0 unspecified atom stereocenters. The number of fused-ring (bicyclic) bond motifs is 5. The van der Waals surface area contributed by atoms with Gasteiger partial charge in [-0.05, 0) is 87.3 Å². The van der Waals surface area contributed by atoms with Crippen molar-refractivity contribution in [3.8, 4) is 33.4 Å². The van der Waals surface area contributed by atoms with Crippen molar-refractivity contribution in [1.29, 1.82) is 0 Å². The summed E-state index contributed by atoms with van der Waals surface area (Å²) >= 11 is 0. The Hall–Kier alpha value is -6.38. The van der Waals surface area contributed by atoms with Crippen molar-refractivity contribution in [2.75, 3.05) is 4.90 Å². The predicted octanol–water partition coefficient (Wildman–Crippen LogP) is 13.2. The van der Waals surface area contributed by atoms with Gasteiger partial charge in [0, 0.05) is 33.2 Å². The lowest BCUT2D eigenvalue weighted by Crippen LogP contribution is -2.09. The molecule has 2 nitrogen and oxygen atoms in total. The minimum atomic E-state index is 0.914. The lowest BCUT2D eigenvalue weighted by atomic mass is 9.95. The molecule has 0 atom stereocenters. The van der Waals surface area contributed by atoms with E-state index in [2.05, 4.69) is 181 Å². The van der Waals surface area contributed by atoms with E-state index < -0.39 is 0 Å². The highest BCUT2D eigenvalue weighted by Gasteiger charge is 2.17. The highest BCUT2D eigenvalue weighted by atomic mass is 16.3. The first-order valence-electron chi connectivity index (χ1n) is 16.3. The molecule has 2 heteroatoms. The summed E-state index contributed by atoms with van der Waals surface area (Å²) in [6, 6.07) is 66.9. The Bertz CT molecular complexity index is 2430. The third-order valence-electron chi connectivity index (χ3n) is 9.29. The van der Waals surface area contributed by atoms with Gasteiger partial charge in [-0.1, -0.05) is 140 Å². The van der Waals surface area contributed by atoms with Gasteiger partial charge in [0.2, 0.25) is 0 Å². The first kappa shape index (κ1) is 27.9. The minimum Gasteiger partial charge on any atom is -0.455 e. The highest BCUT2D eigenvalue weighted by Crippen LogP contribution is 2.41. The molecule has 0 aliphatic heterocycles. The molecule has 0 aliphatic rings. The van der Waals surface area contributed by atoms with Gasteiger partial charge in [0.25, 0.3) is 0 Å². The van der Waals surface area contributed by atoms with Gasteiger partial charge in [-0.25, -0.2) is 0 Å². The SMILES string of the molecule is c1ccc(-c2ccc(N(c3ccc(-c4ccccc4)cc3)c3ccc(-c4cc5c6ccccc6oc5c5ccccc45)cc3)cc2)cc1. The predicted molar refractivity (Wildman–Crippen MR) is 202 cm³/mol. The van der Waals surface area contributed by atoms with Gasteiger partial charge in [-0.15, -0.1) is 0 Å². The van der Waals surface area contributed by atoms with E-state index in [1.54, 1.807) is 0 Å². The van der Waals surface area contributed by atoms with E-state index in [9.17, 15) is 0 Å². The van der Waals surface area contributed by atoms with Crippen molar-refractivity contribution in [2.24, 2.45) is 0 Å². The van der Waals surface area contributed by atoms with E-state index >= 15 is 0 Å². The quantitative estimate of drug-likeness (QED) is 0.185. The summed E-state index contributed by atoms with van der Waals surface area (Å²) in [6.45, 7) is 0. The molecule has 226 valence electrons. The molecule has 9 rings (SSSR count). The second-order valence-corrected chi connectivity index (χ2v) is 12.2. The first-order chi connectivity index (χ1) is 23.8. The van der Waals surface area contributed by atoms with Gasteiger partial charge < -0.3 is 9.32 Å². The Morgan fingerprint density at radius 3 is 1.27 bits per heavy atom. The zero-order valence-corrected chi connectivity index (χ0v) is 26.3. The van der Waals surface area contributed by atoms with Crippen LogP contribution in [0.25, 0.3) is 66.1 Å². The molecule has 0 saturated heterocycles. The molecule has 0 aliphatic carbocycles. The van der Waals surface area contributed by atoms with Gasteiger partial charge in [-0.3, -0.25) is 0 Å². The van der Waals surface area contributed by atoms with Crippen LogP contribution in [0, 0.1) is 0 Å². The third kappa shape index (κ3) is 4.92. The van der Waals surface area contributed by atoms with Crippen LogP contribution < -0.4 is 4.90 Å². The van der Waals surface area contributed by atoms with Crippen LogP contribution in [0.4, 0.5) is 17.1 Å². The maximum Gasteiger partial charge on any atom is 0.143 e. The minimum absolute atomic E-state index is 0.914. The third-order valence-corrected chi connectivity index (χ3v) is 9.29. The van der Waals surface area contributed by atoms with Crippen LogP contribution in [0.1, 0.15) is 0 Å². The van der Waals surface area contributed by atoms with Crippen molar-refractivity contribution in [2.45, 2.75) is 0 Å². The Labute approximate surface area is 279 Å². The number of benzene rings is 8. The monoisotopic (exact) mass is 613 g/mol. The van der Waals surface area contributed by atoms with Crippen LogP contribution in [0.2, 0.25) is 0 Å². The van der Waals surface area contributed by atoms with Gasteiger partial charge in [0.15, 0.2) is 0 Å². The van der Waals surface area contributed by atoms with Crippen LogP contribution in [0.3, 0.4) is 0 Å². The van der Waals surface area contributed by atoms with E-state index in [0.717, 1.165) is 44.4 Å². The van der Waals surface area contributed by atoms with E-state index in [-0.39, 0.29) is 0 Å². The fourth-order valence-corrected chi connectivity index (χ4v) is 6.89. The van der Waals surface area contributed by atoms with Crippen LogP contribution in [0.5, 0.6) is 0 Å². The molecule has 9 aromatic rings. The smallest absolute Gasteiger partial charge is 0.143 e. The molecule has 1 aromatic heterocycles. The molecule has 0 spiro atoms. The molecule has 0 amide bonds. The average Bonchev–Trinajstić information content (AvgIpc) is 3.55. The summed E-state index contributed by atoms with van der Waals surface area (Å²) in [5.41, 5.74) is 12.3. The normalized spacial score (nSPS) is 11.3. The van der Waals surface area contributed by atoms with Crippen LogP contribution in [-0.2, 0) is 0 Å². The van der Waals surface area contributed by atoms with Gasteiger partial charge in [-0.2, -0.15) is 0 Å². The second kappa shape index (κ2) is 11.8. The van der Waals surface area contributed by atoms with E-state index in [0.29, 0.717) is 0 Å². The molecule has 0 radical (unpaired) electrons. The summed E-state index contributed by atoms with van der Waals surface area (Å²) in [5.74, 6) is 0. The van der Waals surface area contributed by atoms with Gasteiger partial charge in [0.1, 0.15) is 11.2 Å². The largest absolute Gasteiger partial charge is 0.455 e. The maximum atomic E-state index is 6.37. The van der Waals surface area contributed by atoms with E-state index in [4.69, 9.17) is 4.42 Å². The van der Waals surface area contributed by atoms with Crippen LogP contribution in [-0.4, -0.2) is 0 Å². The fraction of sp³-hybridized carbons (Fsp3) is 0. The Morgan fingerprint density at radius 1 is 0.312 bits per heavy atom. The molecule has 0 bridgehead atoms. The fourth-order valence-electron chi connectivity index (χ4n) is 6.89. The van der Waals surface area contributed by atoms with Crippen molar-refractivity contribution in [3.05, 3.63) is 188 Å². The van der Waals surface area contributed by atoms with E-state index in [1.807, 2.05) is 12.1 Å². The summed E-state index contributed by atoms with van der Waals surface area (Å²) in [6.07, 6.45) is 0. The van der Waals surface area contributed by atoms with Gasteiger partial charge in [0.05, 0.1) is 0 Å². The topological polar surface area (TPSA) is 16.4 Å². The molecule has 0 N–H and O–H groups in total. The maximum absolute atomic E-state index is 6.37. The van der Waals surface area contributed by atoms with Crippen LogP contribution in [0.15, 0.2) is 192 Å². The van der Waals surface area contributed by atoms with Crippen molar-refractivity contribution in [1.82, 2.24) is 0 Å². The number of nitrogens with zero attached hydrogens (tertiary/aromatic N) is 1. The molecular formula is C46H31NO. The zero-order chi connectivity index (χ0) is 31.9. The number of hydrogen-bond acceptors (Lipinski definition) is 2. The number of hydrogen-bond donors (Lipinski definition) is 0. The molecule has 0 saturated carbocycles. The summed E-state index contributed by atoms with van der Waals surface area (Å²) in [5, 5.41) is 4.59. The molecule has 48 heavy (non-hydrogen) atoms. The van der Waals surface area contributed by atoms with Crippen molar-refractivity contribution < 1.29 is 4.42 Å². The first-order valence-corrected chi connectivity index (χ1v) is 16.3. The highest BCUT2D eigenvalue weighted by molar-refractivity contribution is 6.19. The molecule has 1 heterocycles. The zero-order valence-electron chi connectivity index (χ0n) is 26.3. The standard InChI is InChI=1S/C46H31NO/c1-3-11-32(12-4-1)34-19-25-37(26-20-34)47(38-27-21-35(22-28-38)33-13-5-2-6-14-33)39-29-23-36(24-30-39)43-31-44-41-16-9-10-18-45(41)48-46(44)42-17-8-7-15-40(42)43/h1-31H. The number of anilines is 3. The summed E-state index contributed by atoms with van der Waals surface area (Å²) in [4.78, 5) is 2.33. The molecule has 8 aromatic carbocycles. The Morgan fingerprint density at radius 2 is 0.729 bits per heavy atom. The summed E-state index contributed by atoms with van der Waals surface area (Å²) < 4.78 is 6.37. The summed E-state index contributed by atoms with van der Waals surface area (Å²) in [7, 11) is 0. The number of furan rings is 1. The van der Waals surface area contributed by atoms with Crippen molar-refractivity contribution in [3.63, 3.8) is 0 Å². The number of para-hydroxylation sites is 1. The second-order valence-electron chi connectivity index (χ2n) is 12.2. The Kier molecular flexibility index (Phi) is 6.84. The average molecular weight is 614 g/mol. The molecule has 0 fully saturated rings. The van der Waals surface area contributed by atoms with Gasteiger partial charge >= 0.3 is 0 Å². The molecular weight excluding hydrogens is 583 g/mol. The van der Waals surface area contributed by atoms with Crippen molar-refractivity contribution >= 4 is 49.8 Å². The lowest BCUT2D eigenvalue weighted by molar-refractivity contribution is 0.672. The Balaban J connectivity index is 1.15. The van der Waals surface area contributed by atoms with E-state index in [1.165, 1.54) is 38.8 Å².